The number of aryl methyl sites for hydroxylation is 3. The van der Waals surface area contributed by atoms with Gasteiger partial charge < -0.3 is 14.9 Å². The van der Waals surface area contributed by atoms with Crippen LogP contribution < -0.4 is 5.32 Å². The topological polar surface area (TPSA) is 87.2 Å². The number of carbonyl (C=O) groups excluding carboxylic acids is 3. The second-order valence-corrected chi connectivity index (χ2v) is 9.84. The van der Waals surface area contributed by atoms with E-state index in [-0.39, 0.29) is 18.2 Å². The van der Waals surface area contributed by atoms with E-state index in [4.69, 9.17) is 0 Å². The van der Waals surface area contributed by atoms with Gasteiger partial charge in [0.25, 0.3) is 5.91 Å². The van der Waals surface area contributed by atoms with Crippen LogP contribution in [0.2, 0.25) is 0 Å². The van der Waals surface area contributed by atoms with Gasteiger partial charge in [0.15, 0.2) is 5.78 Å². The van der Waals surface area contributed by atoms with Crippen LogP contribution in [0.5, 0.6) is 0 Å². The third-order valence-electron chi connectivity index (χ3n) is 7.58. The van der Waals surface area contributed by atoms with Crippen LogP contribution in [0.1, 0.15) is 44.9 Å². The highest BCUT2D eigenvalue weighted by atomic mass is 16.2. The second kappa shape index (κ2) is 8.52. The maximum absolute atomic E-state index is 13.3. The fraction of sp³-hybridized carbons (Fsp3) is 0.276. The molecule has 0 bridgehead atoms. The number of urea groups is 1. The first kappa shape index (κ1) is 22.3. The van der Waals surface area contributed by atoms with Gasteiger partial charge in [-0.05, 0) is 74.1 Å². The molecule has 0 radical (unpaired) electrons. The Morgan fingerprint density at radius 1 is 1.03 bits per heavy atom. The van der Waals surface area contributed by atoms with E-state index in [1.165, 1.54) is 17.5 Å². The van der Waals surface area contributed by atoms with E-state index in [0.29, 0.717) is 12.0 Å². The van der Waals surface area contributed by atoms with Crippen LogP contribution in [0.4, 0.5) is 4.79 Å². The minimum Gasteiger partial charge on any atom is -0.361 e. The van der Waals surface area contributed by atoms with Crippen molar-refractivity contribution in [2.24, 2.45) is 0 Å². The number of amides is 3. The van der Waals surface area contributed by atoms with Crippen molar-refractivity contribution in [2.45, 2.75) is 45.6 Å². The van der Waals surface area contributed by atoms with Gasteiger partial charge in [0.1, 0.15) is 6.04 Å². The molecular weight excluding hydrogens is 452 g/mol. The standard InChI is InChI=1S/C29H28N4O3/c1-17-12-24(18(2)33(17)22-11-10-19-6-5-7-20(19)13-22)27(34)16-32-28(35)26(31-29(32)36)14-21-15-30-25-9-4-3-8-23(21)25/h3-4,8-13,15,26,30H,5-7,14,16H2,1-2H3,(H,31,36). The van der Waals surface area contributed by atoms with Gasteiger partial charge in [-0.15, -0.1) is 0 Å². The molecule has 1 fully saturated rings. The van der Waals surface area contributed by atoms with E-state index in [1.807, 2.05) is 50.4 Å². The van der Waals surface area contributed by atoms with Crippen LogP contribution in [0.3, 0.4) is 0 Å². The van der Waals surface area contributed by atoms with E-state index in [9.17, 15) is 14.4 Å². The smallest absolute Gasteiger partial charge is 0.325 e. The molecule has 1 saturated heterocycles. The molecule has 1 aliphatic heterocycles. The van der Waals surface area contributed by atoms with Gasteiger partial charge in [-0.1, -0.05) is 24.3 Å². The number of aromatic amines is 1. The summed E-state index contributed by atoms with van der Waals surface area (Å²) in [5, 5.41) is 3.78. The highest BCUT2D eigenvalue weighted by molar-refractivity contribution is 6.09. The minimum atomic E-state index is -0.691. The van der Waals surface area contributed by atoms with E-state index >= 15 is 0 Å². The number of Topliss-reactive ketones (excluding diaryl/α,β-unsaturated/α-hetero) is 1. The molecule has 1 aliphatic carbocycles. The van der Waals surface area contributed by atoms with Crippen molar-refractivity contribution in [1.29, 1.82) is 0 Å². The molecule has 2 N–H and O–H groups in total. The normalized spacial score (nSPS) is 17.2. The summed E-state index contributed by atoms with van der Waals surface area (Å²) < 4.78 is 2.08. The van der Waals surface area contributed by atoms with Crippen molar-refractivity contribution in [3.05, 3.63) is 88.4 Å². The van der Waals surface area contributed by atoms with Crippen molar-refractivity contribution >= 4 is 28.6 Å². The third kappa shape index (κ3) is 3.63. The molecule has 182 valence electrons. The molecule has 4 aromatic rings. The minimum absolute atomic E-state index is 0.244. The fourth-order valence-corrected chi connectivity index (χ4v) is 5.75. The number of benzene rings is 2. The van der Waals surface area contributed by atoms with Crippen LogP contribution in [0, 0.1) is 13.8 Å². The Morgan fingerprint density at radius 3 is 2.69 bits per heavy atom. The fourth-order valence-electron chi connectivity index (χ4n) is 5.75. The molecule has 3 heterocycles. The molecule has 7 nitrogen and oxygen atoms in total. The van der Waals surface area contributed by atoms with Crippen LogP contribution in [0.25, 0.3) is 16.6 Å². The van der Waals surface area contributed by atoms with E-state index in [2.05, 4.69) is 33.1 Å². The van der Waals surface area contributed by atoms with E-state index in [0.717, 1.165) is 51.3 Å². The number of H-pyrrole nitrogens is 1. The summed E-state index contributed by atoms with van der Waals surface area (Å²) in [5.74, 6) is -0.613. The molecule has 2 aromatic heterocycles. The average molecular weight is 481 g/mol. The van der Waals surface area contributed by atoms with Gasteiger partial charge in [0.05, 0.1) is 6.54 Å². The summed E-state index contributed by atoms with van der Waals surface area (Å²) in [6.45, 7) is 3.62. The summed E-state index contributed by atoms with van der Waals surface area (Å²) in [6, 6.07) is 15.0. The highest BCUT2D eigenvalue weighted by Crippen LogP contribution is 2.28. The van der Waals surface area contributed by atoms with Gasteiger partial charge in [0, 0.05) is 46.2 Å². The molecular formula is C29H28N4O3. The number of rotatable bonds is 6. The van der Waals surface area contributed by atoms with Crippen LogP contribution in [-0.2, 0) is 24.1 Å². The monoisotopic (exact) mass is 480 g/mol. The van der Waals surface area contributed by atoms with Gasteiger partial charge in [-0.25, -0.2) is 4.79 Å². The average Bonchev–Trinajstić information content (AvgIpc) is 3.62. The lowest BCUT2D eigenvalue weighted by molar-refractivity contribution is -0.127. The Morgan fingerprint density at radius 2 is 1.83 bits per heavy atom. The molecule has 36 heavy (non-hydrogen) atoms. The van der Waals surface area contributed by atoms with Crippen molar-refractivity contribution < 1.29 is 14.4 Å². The van der Waals surface area contributed by atoms with Crippen molar-refractivity contribution in [1.82, 2.24) is 19.8 Å². The third-order valence-corrected chi connectivity index (χ3v) is 7.58. The number of imide groups is 1. The zero-order valence-electron chi connectivity index (χ0n) is 20.4. The second-order valence-electron chi connectivity index (χ2n) is 9.84. The molecule has 1 atom stereocenters. The Kier molecular flexibility index (Phi) is 5.29. The van der Waals surface area contributed by atoms with Crippen molar-refractivity contribution in [2.75, 3.05) is 6.54 Å². The van der Waals surface area contributed by atoms with Gasteiger partial charge in [-0.3, -0.25) is 14.5 Å². The highest BCUT2D eigenvalue weighted by Gasteiger charge is 2.39. The zero-order chi connectivity index (χ0) is 25.0. The van der Waals surface area contributed by atoms with E-state index in [1.54, 1.807) is 0 Å². The number of carbonyl (C=O) groups is 3. The maximum atomic E-state index is 13.3. The van der Waals surface area contributed by atoms with E-state index < -0.39 is 12.1 Å². The lowest BCUT2D eigenvalue weighted by Crippen LogP contribution is -2.36. The molecule has 7 heteroatoms. The summed E-state index contributed by atoms with van der Waals surface area (Å²) in [4.78, 5) is 43.3. The summed E-state index contributed by atoms with van der Waals surface area (Å²) >= 11 is 0. The number of hydrogen-bond acceptors (Lipinski definition) is 3. The number of aromatic nitrogens is 2. The Hall–Kier alpha value is -4.13. The zero-order valence-corrected chi connectivity index (χ0v) is 20.4. The summed E-state index contributed by atoms with van der Waals surface area (Å²) in [6.07, 6.45) is 5.62. The quantitative estimate of drug-likeness (QED) is 0.317. The molecule has 2 aliphatic rings. The molecule has 1 unspecified atom stereocenters. The number of nitrogens with zero attached hydrogens (tertiary/aromatic N) is 2. The first-order valence-electron chi connectivity index (χ1n) is 12.4. The predicted molar refractivity (Wildman–Crippen MR) is 138 cm³/mol. The number of fused-ring (bicyclic) bond motifs is 2. The first-order chi connectivity index (χ1) is 17.4. The molecule has 0 spiro atoms. The molecule has 0 saturated carbocycles. The number of para-hydroxylation sites is 1. The van der Waals surface area contributed by atoms with Gasteiger partial charge in [-0.2, -0.15) is 0 Å². The molecule has 6 rings (SSSR count). The predicted octanol–water partition coefficient (Wildman–Crippen LogP) is 4.41. The van der Waals surface area contributed by atoms with Crippen LogP contribution in [-0.4, -0.2) is 44.8 Å². The number of nitrogens with one attached hydrogen (secondary N) is 2. The van der Waals surface area contributed by atoms with Crippen LogP contribution >= 0.6 is 0 Å². The van der Waals surface area contributed by atoms with Crippen molar-refractivity contribution in [3.63, 3.8) is 0 Å². The number of hydrogen-bond donors (Lipinski definition) is 2. The lowest BCUT2D eigenvalue weighted by Gasteiger charge is -2.14. The lowest BCUT2D eigenvalue weighted by atomic mass is 10.0. The summed E-state index contributed by atoms with van der Waals surface area (Å²) in [7, 11) is 0. The maximum Gasteiger partial charge on any atom is 0.325 e. The van der Waals surface area contributed by atoms with Gasteiger partial charge >= 0.3 is 6.03 Å². The first-order valence-corrected chi connectivity index (χ1v) is 12.4. The Balaban J connectivity index is 1.21. The van der Waals surface area contributed by atoms with Crippen molar-refractivity contribution in [3.8, 4) is 5.69 Å². The Bertz CT molecular complexity index is 1540. The Labute approximate surface area is 209 Å². The largest absolute Gasteiger partial charge is 0.361 e. The molecule has 2 aromatic carbocycles. The van der Waals surface area contributed by atoms with Crippen LogP contribution in [0.15, 0.2) is 54.7 Å². The van der Waals surface area contributed by atoms with Gasteiger partial charge in [0.2, 0.25) is 0 Å². The SMILES string of the molecule is Cc1cc(C(=O)CN2C(=O)NC(Cc3c[nH]c4ccccc34)C2=O)c(C)n1-c1ccc2c(c1)CCC2. The molecule has 3 amide bonds. The number of ketones is 1. The summed E-state index contributed by atoms with van der Waals surface area (Å²) in [5.41, 5.74) is 8.05.